The van der Waals surface area contributed by atoms with Gasteiger partial charge in [0.1, 0.15) is 23.1 Å². The largest absolute Gasteiger partial charge is 0.497 e. The first-order valence-corrected chi connectivity index (χ1v) is 39.3. The fourth-order valence-electron chi connectivity index (χ4n) is 12.7. The molecular formula is C90H81BBrF9N16O7. The molecule has 15 rings (SSSR count). The number of nitrogens with zero attached hydrogens (tertiary/aromatic N) is 13. The van der Waals surface area contributed by atoms with Crippen LogP contribution in [0.5, 0.6) is 11.5 Å². The molecule has 636 valence electrons. The Bertz CT molecular complexity index is 6240. The minimum absolute atomic E-state index is 0.0989. The van der Waals surface area contributed by atoms with Crippen molar-refractivity contribution in [2.75, 3.05) is 42.1 Å². The summed E-state index contributed by atoms with van der Waals surface area (Å²) < 4.78 is 140. The number of amides is 3. The molecule has 124 heavy (non-hydrogen) atoms. The van der Waals surface area contributed by atoms with E-state index in [1.54, 1.807) is 70.3 Å². The zero-order chi connectivity index (χ0) is 89.2. The van der Waals surface area contributed by atoms with Gasteiger partial charge >= 0.3 is 25.6 Å². The summed E-state index contributed by atoms with van der Waals surface area (Å²) in [6.45, 7) is 17.8. The number of nitrogens with one attached hydrogen (secondary N) is 3. The van der Waals surface area contributed by atoms with Gasteiger partial charge < -0.3 is 39.6 Å². The van der Waals surface area contributed by atoms with Gasteiger partial charge in [0.25, 0.3) is 17.7 Å². The van der Waals surface area contributed by atoms with Gasteiger partial charge in [0.2, 0.25) is 5.95 Å². The molecule has 1 unspecified atom stereocenters. The second-order valence-corrected chi connectivity index (χ2v) is 30.7. The Labute approximate surface area is 715 Å². The van der Waals surface area contributed by atoms with Crippen molar-refractivity contribution < 1.29 is 72.7 Å². The standard InChI is InChI=1S/C30H25F3N6O2.C23H18F3N5O.C20H22BF3N2O3.C17H16BrN3O/c1-18-26(13-24(16-34-18)37-28(40)20-5-4-6-23(12-20)30(31,32)33)21-11-22-15-36-29(38-27(22)35-14-21)39(2)17-19-7-9-25(41-3)10-8-19;1-3-20-28-11-16-7-15(10-29-21(16)31-20)19-9-18(12-27-13(19)2)30-22(32)14-5-4-6-17(8-14)23(24,25)26;1-12-16(21-28-18(2,3)19(4,5)29-21)10-15(11-25-12)26-17(27)13-7-6-8-14(9-13)20(22,23)24;1-11(7-12-3-5-15(22-2)6-4-12)16-19-9-13-8-14(18)10-20-17(13)21-16/h4-16H,17H2,1-3H3,(H,37,40);4-12H,3H2,1-2H3,(H,30,32);6-11H,1-5H3,(H,26,27);3-6,8-11H,7H2,1-2H3. The van der Waals surface area contributed by atoms with Crippen molar-refractivity contribution in [2.45, 2.75) is 117 Å². The molecule has 1 fully saturated rings. The van der Waals surface area contributed by atoms with Gasteiger partial charge in [-0.05, 0) is 197 Å². The van der Waals surface area contributed by atoms with Crippen molar-refractivity contribution >= 4 is 102 Å². The molecule has 1 atom stereocenters. The molecule has 34 heteroatoms. The summed E-state index contributed by atoms with van der Waals surface area (Å²) in [6.07, 6.45) is 2.65. The average molecular weight is 1760 g/mol. The number of aryl methyl sites for hydroxylation is 4. The number of carbonyl (C=O) groups excluding carboxylic acids is 3. The monoisotopic (exact) mass is 1760 g/mol. The van der Waals surface area contributed by atoms with Crippen molar-refractivity contribution in [1.29, 1.82) is 0 Å². The van der Waals surface area contributed by atoms with E-state index in [0.29, 0.717) is 86.6 Å². The lowest BCUT2D eigenvalue weighted by Crippen LogP contribution is -2.41. The highest BCUT2D eigenvalue weighted by Gasteiger charge is 2.52. The van der Waals surface area contributed by atoms with E-state index in [4.69, 9.17) is 18.8 Å². The number of carbonyl (C=O) groups is 3. The van der Waals surface area contributed by atoms with Crippen LogP contribution in [0.1, 0.15) is 135 Å². The Morgan fingerprint density at radius 2 is 0.887 bits per heavy atom. The van der Waals surface area contributed by atoms with Crippen molar-refractivity contribution in [1.82, 2.24) is 59.8 Å². The predicted octanol–water partition coefficient (Wildman–Crippen LogP) is 19.6. The first-order valence-electron chi connectivity index (χ1n) is 38.5. The highest BCUT2D eigenvalue weighted by molar-refractivity contribution is 9.10. The van der Waals surface area contributed by atoms with E-state index in [2.05, 4.69) is 111 Å². The Morgan fingerprint density at radius 3 is 1.35 bits per heavy atom. The van der Waals surface area contributed by atoms with Gasteiger partial charge in [0.05, 0.1) is 77.8 Å². The molecule has 5 aromatic carbocycles. The van der Waals surface area contributed by atoms with Gasteiger partial charge in [-0.25, -0.2) is 39.9 Å². The summed E-state index contributed by atoms with van der Waals surface area (Å²) in [5.74, 6) is 1.91. The maximum absolute atomic E-state index is 13.1. The number of rotatable bonds is 18. The molecule has 14 aromatic rings. The Morgan fingerprint density at radius 1 is 0.476 bits per heavy atom. The molecule has 0 bridgehead atoms. The van der Waals surface area contributed by atoms with E-state index < -0.39 is 71.3 Å². The Balaban J connectivity index is 0.000000154. The highest BCUT2D eigenvalue weighted by Crippen LogP contribution is 2.39. The SMILES string of the molecule is CCc1ncc2cc(-c3cc(NC(=O)c4cccc(C(F)(F)F)c4)cnc3C)cnc2n1.COc1ccc(CC(C)c2ncc3cc(Br)cnc3n2)cc1.COc1ccc(CN(C)c2ncc3cc(-c4cc(NC(=O)c5cccc(C(F)(F)F)c5)cnc4C)cnc3n2)cc1.Cc1ncc(NC(=O)c2cccc(C(F)(F)F)c2)cc1B1OC(C)(C)C(C)(C)O1. The third-order valence-corrected chi connectivity index (χ3v) is 20.7. The molecule has 9 aromatic heterocycles. The van der Waals surface area contributed by atoms with Gasteiger partial charge in [0.15, 0.2) is 16.9 Å². The van der Waals surface area contributed by atoms with Crippen molar-refractivity contribution in [2.24, 2.45) is 0 Å². The van der Waals surface area contributed by atoms with E-state index in [-0.39, 0.29) is 22.6 Å². The first kappa shape index (κ1) is 89.9. The molecule has 0 spiro atoms. The van der Waals surface area contributed by atoms with Gasteiger partial charge in [-0.2, -0.15) is 44.5 Å². The number of alkyl halides is 9. The quantitative estimate of drug-likeness (QED) is 0.0531. The second-order valence-electron chi connectivity index (χ2n) is 29.8. The number of pyridine rings is 6. The Kier molecular flexibility index (Phi) is 27.5. The van der Waals surface area contributed by atoms with E-state index in [1.807, 2.05) is 121 Å². The number of halogens is 10. The zero-order valence-electron chi connectivity index (χ0n) is 68.9. The van der Waals surface area contributed by atoms with Crippen LogP contribution in [-0.2, 0) is 47.2 Å². The number of hydrogen-bond donors (Lipinski definition) is 3. The highest BCUT2D eigenvalue weighted by atomic mass is 79.9. The van der Waals surface area contributed by atoms with E-state index in [9.17, 15) is 53.9 Å². The zero-order valence-corrected chi connectivity index (χ0v) is 70.5. The number of benzene rings is 5. The number of anilines is 4. The molecule has 1 saturated heterocycles. The van der Waals surface area contributed by atoms with Crippen LogP contribution >= 0.6 is 15.9 Å². The van der Waals surface area contributed by atoms with E-state index in [1.165, 1.54) is 60.6 Å². The van der Waals surface area contributed by atoms with Crippen LogP contribution in [0.2, 0.25) is 0 Å². The Hall–Kier alpha value is -13.3. The number of aromatic nitrogens is 12. The summed E-state index contributed by atoms with van der Waals surface area (Å²) in [7, 11) is 4.53. The van der Waals surface area contributed by atoms with Gasteiger partial charge in [-0.3, -0.25) is 29.3 Å². The molecule has 1 aliphatic heterocycles. The average Bonchev–Trinajstić information content (AvgIpc) is 1.60. The first-order chi connectivity index (χ1) is 58.8. The summed E-state index contributed by atoms with van der Waals surface area (Å²) in [5.41, 5.74) is 6.69. The minimum atomic E-state index is -4.55. The van der Waals surface area contributed by atoms with Crippen LogP contribution in [0.4, 0.5) is 62.5 Å². The number of fused-ring (bicyclic) bond motifs is 3. The smallest absolute Gasteiger partial charge is 0.496 e. The van der Waals surface area contributed by atoms with Crippen LogP contribution in [0.3, 0.4) is 0 Å². The molecule has 0 saturated carbocycles. The van der Waals surface area contributed by atoms with Crippen LogP contribution in [0.15, 0.2) is 218 Å². The lowest BCUT2D eigenvalue weighted by molar-refractivity contribution is -0.138. The molecule has 1 aliphatic rings. The van der Waals surface area contributed by atoms with Crippen LogP contribution in [-0.4, -0.2) is 117 Å². The predicted molar refractivity (Wildman–Crippen MR) is 458 cm³/mol. The van der Waals surface area contributed by atoms with E-state index in [0.717, 1.165) is 103 Å². The molecular weight excluding hydrogens is 1680 g/mol. The fourth-order valence-corrected chi connectivity index (χ4v) is 13.0. The minimum Gasteiger partial charge on any atom is -0.497 e. The van der Waals surface area contributed by atoms with E-state index >= 15 is 0 Å². The maximum Gasteiger partial charge on any atom is 0.496 e. The molecule has 3 amide bonds. The third kappa shape index (κ3) is 22.5. The topological polar surface area (TPSA) is 282 Å². The lowest BCUT2D eigenvalue weighted by atomic mass is 9.78. The summed E-state index contributed by atoms with van der Waals surface area (Å²) in [4.78, 5) is 92.6. The summed E-state index contributed by atoms with van der Waals surface area (Å²) in [5, 5.41) is 10.2. The van der Waals surface area contributed by atoms with Crippen molar-refractivity contribution in [3.05, 3.63) is 291 Å². The molecule has 0 radical (unpaired) electrons. The fraction of sp³-hybridized carbons (Fsp3) is 0.233. The summed E-state index contributed by atoms with van der Waals surface area (Å²) >= 11 is 3.41. The number of ether oxygens (including phenoxy) is 2. The maximum atomic E-state index is 13.1. The van der Waals surface area contributed by atoms with Crippen LogP contribution < -0.4 is 35.8 Å². The third-order valence-electron chi connectivity index (χ3n) is 20.3. The van der Waals surface area contributed by atoms with Crippen molar-refractivity contribution in [3.8, 4) is 33.8 Å². The van der Waals surface area contributed by atoms with Crippen LogP contribution in [0.25, 0.3) is 55.4 Å². The summed E-state index contributed by atoms with van der Waals surface area (Å²) in [6, 6.07) is 39.4. The normalized spacial score (nSPS) is 13.1. The molecule has 23 nitrogen and oxygen atoms in total. The second kappa shape index (κ2) is 38.0. The molecule has 10 heterocycles. The molecule has 0 aliphatic carbocycles. The van der Waals surface area contributed by atoms with Gasteiger partial charge in [0, 0.05) is 145 Å². The van der Waals surface area contributed by atoms with Crippen LogP contribution in [0, 0.1) is 20.8 Å². The van der Waals surface area contributed by atoms with Gasteiger partial charge in [-0.15, -0.1) is 0 Å². The van der Waals surface area contributed by atoms with Crippen molar-refractivity contribution in [3.63, 3.8) is 0 Å². The van der Waals surface area contributed by atoms with Gasteiger partial charge in [-0.1, -0.05) is 56.3 Å². The lowest BCUT2D eigenvalue weighted by Gasteiger charge is -2.32. The number of hydrogen-bond acceptors (Lipinski definition) is 20. The molecule has 3 N–H and O–H groups in total. The number of methoxy groups -OCH3 is 2.